The number of thioether (sulfide) groups is 1. The molecule has 0 saturated heterocycles. The molecule has 0 aliphatic carbocycles. The average Bonchev–Trinajstić information content (AvgIpc) is 2.48. The zero-order valence-electron chi connectivity index (χ0n) is 11.9. The van der Waals surface area contributed by atoms with Crippen molar-refractivity contribution < 1.29 is 9.53 Å². The van der Waals surface area contributed by atoms with Gasteiger partial charge >= 0.3 is 0 Å². The molecule has 2 aromatic carbocycles. The van der Waals surface area contributed by atoms with Crippen LogP contribution in [-0.2, 0) is 5.75 Å². The molecule has 110 valence electrons. The number of carbonyl (C=O) groups excluding carboxylic acids is 1. The van der Waals surface area contributed by atoms with E-state index in [1.54, 1.807) is 30.0 Å². The van der Waals surface area contributed by atoms with Gasteiger partial charge in [-0.2, -0.15) is 11.8 Å². The molecule has 0 bridgehead atoms. The molecule has 0 atom stereocenters. The van der Waals surface area contributed by atoms with Gasteiger partial charge in [0.15, 0.2) is 5.75 Å². The minimum Gasteiger partial charge on any atom is -0.493 e. The van der Waals surface area contributed by atoms with Crippen molar-refractivity contribution in [3.63, 3.8) is 0 Å². The molecule has 3 nitrogen and oxygen atoms in total. The second kappa shape index (κ2) is 7.38. The van der Waals surface area contributed by atoms with E-state index in [1.165, 1.54) is 12.7 Å². The van der Waals surface area contributed by atoms with Crippen LogP contribution in [0, 0.1) is 0 Å². The third-order valence-electron chi connectivity index (χ3n) is 2.95. The summed E-state index contributed by atoms with van der Waals surface area (Å²) in [6.07, 6.45) is 2.05. The Hall–Kier alpha value is -1.65. The van der Waals surface area contributed by atoms with Crippen molar-refractivity contribution in [1.82, 2.24) is 0 Å². The van der Waals surface area contributed by atoms with Gasteiger partial charge in [0.2, 0.25) is 0 Å². The monoisotopic (exact) mass is 321 g/mol. The van der Waals surface area contributed by atoms with Gasteiger partial charge in [-0.15, -0.1) is 0 Å². The molecule has 0 aliphatic heterocycles. The third-order valence-corrected chi connectivity index (χ3v) is 3.87. The first-order valence-corrected chi connectivity index (χ1v) is 8.14. The molecular weight excluding hydrogens is 306 g/mol. The lowest BCUT2D eigenvalue weighted by Crippen LogP contribution is -2.12. The van der Waals surface area contributed by atoms with Crippen LogP contribution >= 0.6 is 23.4 Å². The molecule has 0 aliphatic rings. The van der Waals surface area contributed by atoms with E-state index in [2.05, 4.69) is 5.32 Å². The maximum Gasteiger partial charge on any atom is 0.255 e. The number of nitrogens with one attached hydrogen (secondary N) is 1. The molecule has 0 saturated carbocycles. The molecule has 0 unspecified atom stereocenters. The maximum absolute atomic E-state index is 12.2. The lowest BCUT2D eigenvalue weighted by atomic mass is 10.1. The predicted octanol–water partition coefficient (Wildman–Crippen LogP) is 4.46. The minimum atomic E-state index is -0.189. The highest BCUT2D eigenvalue weighted by Crippen LogP contribution is 2.32. The number of anilines is 1. The molecule has 0 spiro atoms. The summed E-state index contributed by atoms with van der Waals surface area (Å²) < 4.78 is 5.21. The Morgan fingerprint density at radius 1 is 1.24 bits per heavy atom. The molecule has 1 N–H and O–H groups in total. The standard InChI is InChI=1S/C16H16ClNO2S/c1-20-15-13(17)4-3-5-14(15)18-16(19)12-8-6-11(7-9-12)10-21-2/h3-9H,10H2,1-2H3,(H,18,19). The van der Waals surface area contributed by atoms with Gasteiger partial charge in [-0.05, 0) is 36.1 Å². The second-order valence-corrected chi connectivity index (χ2v) is 5.68. The van der Waals surface area contributed by atoms with Crippen LogP contribution in [0.1, 0.15) is 15.9 Å². The highest BCUT2D eigenvalue weighted by molar-refractivity contribution is 7.97. The van der Waals surface area contributed by atoms with Crippen molar-refractivity contribution in [1.29, 1.82) is 0 Å². The van der Waals surface area contributed by atoms with E-state index in [9.17, 15) is 4.79 Å². The Balaban J connectivity index is 2.16. The van der Waals surface area contributed by atoms with Gasteiger partial charge in [0.05, 0.1) is 17.8 Å². The van der Waals surface area contributed by atoms with E-state index in [1.807, 2.05) is 30.5 Å². The Morgan fingerprint density at radius 3 is 2.57 bits per heavy atom. The largest absolute Gasteiger partial charge is 0.493 e. The number of benzene rings is 2. The van der Waals surface area contributed by atoms with Crippen molar-refractivity contribution in [3.05, 3.63) is 58.6 Å². The topological polar surface area (TPSA) is 38.3 Å². The lowest BCUT2D eigenvalue weighted by Gasteiger charge is -2.11. The van der Waals surface area contributed by atoms with Gasteiger partial charge in [0, 0.05) is 11.3 Å². The number of methoxy groups -OCH3 is 1. The van der Waals surface area contributed by atoms with Crippen molar-refractivity contribution in [2.75, 3.05) is 18.7 Å². The van der Waals surface area contributed by atoms with Crippen LogP contribution in [-0.4, -0.2) is 19.3 Å². The quantitative estimate of drug-likeness (QED) is 0.883. The SMILES string of the molecule is COc1c(Cl)cccc1NC(=O)c1ccc(CSC)cc1. The predicted molar refractivity (Wildman–Crippen MR) is 89.6 cm³/mol. The van der Waals surface area contributed by atoms with E-state index in [4.69, 9.17) is 16.3 Å². The Bertz CT molecular complexity index is 629. The smallest absolute Gasteiger partial charge is 0.255 e. The van der Waals surface area contributed by atoms with E-state index in [-0.39, 0.29) is 5.91 Å². The summed E-state index contributed by atoms with van der Waals surface area (Å²) in [5, 5.41) is 3.28. The number of para-hydroxylation sites is 1. The first-order chi connectivity index (χ1) is 10.2. The first-order valence-electron chi connectivity index (χ1n) is 6.37. The van der Waals surface area contributed by atoms with E-state index < -0.39 is 0 Å². The molecule has 21 heavy (non-hydrogen) atoms. The van der Waals surface area contributed by atoms with Crippen LogP contribution in [0.3, 0.4) is 0 Å². The third kappa shape index (κ3) is 3.93. The number of halogens is 1. The molecule has 0 aromatic heterocycles. The zero-order chi connectivity index (χ0) is 15.2. The van der Waals surface area contributed by atoms with Crippen LogP contribution in [0.15, 0.2) is 42.5 Å². The van der Waals surface area contributed by atoms with Gasteiger partial charge in [-0.3, -0.25) is 4.79 Å². The fourth-order valence-corrected chi connectivity index (χ4v) is 2.71. The van der Waals surface area contributed by atoms with E-state index in [0.29, 0.717) is 22.0 Å². The van der Waals surface area contributed by atoms with Crippen molar-refractivity contribution in [2.24, 2.45) is 0 Å². The summed E-state index contributed by atoms with van der Waals surface area (Å²) >= 11 is 7.78. The van der Waals surface area contributed by atoms with Crippen molar-refractivity contribution in [3.8, 4) is 5.75 Å². The molecule has 1 amide bonds. The number of rotatable bonds is 5. The maximum atomic E-state index is 12.2. The van der Waals surface area contributed by atoms with E-state index >= 15 is 0 Å². The van der Waals surface area contributed by atoms with Crippen LogP contribution in [0.2, 0.25) is 5.02 Å². The highest BCUT2D eigenvalue weighted by Gasteiger charge is 2.11. The number of amides is 1. The fraction of sp³-hybridized carbons (Fsp3) is 0.188. The summed E-state index contributed by atoms with van der Waals surface area (Å²) in [5.41, 5.74) is 2.35. The van der Waals surface area contributed by atoms with Gasteiger partial charge in [0.1, 0.15) is 0 Å². The summed E-state index contributed by atoms with van der Waals surface area (Å²) in [6.45, 7) is 0. The van der Waals surface area contributed by atoms with Crippen LogP contribution < -0.4 is 10.1 Å². The average molecular weight is 322 g/mol. The Kier molecular flexibility index (Phi) is 5.53. The van der Waals surface area contributed by atoms with Crippen molar-refractivity contribution >= 4 is 35.0 Å². The molecule has 2 rings (SSSR count). The number of carbonyl (C=O) groups is 1. The lowest BCUT2D eigenvalue weighted by molar-refractivity contribution is 0.102. The van der Waals surface area contributed by atoms with Gasteiger partial charge < -0.3 is 10.1 Å². The van der Waals surface area contributed by atoms with Crippen LogP contribution in [0.25, 0.3) is 0 Å². The summed E-state index contributed by atoms with van der Waals surface area (Å²) in [7, 11) is 1.52. The first kappa shape index (κ1) is 15.7. The number of hydrogen-bond acceptors (Lipinski definition) is 3. The van der Waals surface area contributed by atoms with Gasteiger partial charge in [-0.1, -0.05) is 29.8 Å². The summed E-state index contributed by atoms with van der Waals surface area (Å²) in [5.74, 6) is 1.21. The minimum absolute atomic E-state index is 0.189. The van der Waals surface area contributed by atoms with Crippen molar-refractivity contribution in [2.45, 2.75) is 5.75 Å². The molecular formula is C16H16ClNO2S. The molecule has 0 fully saturated rings. The Morgan fingerprint density at radius 2 is 1.95 bits per heavy atom. The molecule has 5 heteroatoms. The fourth-order valence-electron chi connectivity index (χ4n) is 1.93. The van der Waals surface area contributed by atoms with Crippen LogP contribution in [0.5, 0.6) is 5.75 Å². The van der Waals surface area contributed by atoms with Crippen LogP contribution in [0.4, 0.5) is 5.69 Å². The highest BCUT2D eigenvalue weighted by atomic mass is 35.5. The Labute approximate surface area is 133 Å². The normalized spacial score (nSPS) is 10.2. The number of hydrogen-bond donors (Lipinski definition) is 1. The summed E-state index contributed by atoms with van der Waals surface area (Å²) in [6, 6.07) is 12.8. The molecule has 0 radical (unpaired) electrons. The second-order valence-electron chi connectivity index (χ2n) is 4.40. The number of ether oxygens (including phenoxy) is 1. The van der Waals surface area contributed by atoms with E-state index in [0.717, 1.165) is 5.75 Å². The molecule has 0 heterocycles. The zero-order valence-corrected chi connectivity index (χ0v) is 13.4. The molecule has 2 aromatic rings. The van der Waals surface area contributed by atoms with Gasteiger partial charge in [0.25, 0.3) is 5.91 Å². The summed E-state index contributed by atoms with van der Waals surface area (Å²) in [4.78, 5) is 12.2. The van der Waals surface area contributed by atoms with Gasteiger partial charge in [-0.25, -0.2) is 0 Å².